The number of nitrogens with two attached hydrogens (primary N) is 1. The first-order chi connectivity index (χ1) is 19.4. The van der Waals surface area contributed by atoms with Gasteiger partial charge in [0.1, 0.15) is 28.5 Å². The highest BCUT2D eigenvalue weighted by Crippen LogP contribution is 2.39. The zero-order chi connectivity index (χ0) is 29.9. The van der Waals surface area contributed by atoms with E-state index in [2.05, 4.69) is 25.0 Å². The Morgan fingerprint density at radius 1 is 1.34 bits per heavy atom. The number of thioether (sulfide) groups is 1. The van der Waals surface area contributed by atoms with E-state index >= 15 is 0 Å². The maximum Gasteiger partial charge on any atom is 0.358 e. The van der Waals surface area contributed by atoms with E-state index in [-0.39, 0.29) is 33.7 Å². The van der Waals surface area contributed by atoms with Gasteiger partial charge in [0.25, 0.3) is 11.8 Å². The number of thiazole rings is 1. The van der Waals surface area contributed by atoms with Crippen molar-refractivity contribution in [3.8, 4) is 0 Å². The van der Waals surface area contributed by atoms with E-state index in [1.807, 2.05) is 0 Å². The summed E-state index contributed by atoms with van der Waals surface area (Å²) in [5, 5.41) is 10.6. The fourth-order valence-corrected chi connectivity index (χ4v) is 7.45. The number of β-lactam (4-membered cyclic amide) rings is 1. The van der Waals surface area contributed by atoms with E-state index in [0.29, 0.717) is 5.57 Å². The highest BCUT2D eigenvalue weighted by Gasteiger charge is 2.61. The molecule has 0 saturated carbocycles. The first-order valence-corrected chi connectivity index (χ1v) is 15.7. The number of carbonyl (C=O) groups is 4. The van der Waals surface area contributed by atoms with E-state index in [1.165, 1.54) is 30.4 Å². The molecule has 3 atom stereocenters. The van der Waals surface area contributed by atoms with Crippen LogP contribution in [0.25, 0.3) is 0 Å². The van der Waals surface area contributed by atoms with Crippen molar-refractivity contribution in [2.75, 3.05) is 31.1 Å². The molecule has 0 aromatic carbocycles. The topological polar surface area (TPSA) is 211 Å². The quantitative estimate of drug-likeness (QED) is 0.0687. The number of nitrogens with zero attached hydrogens (tertiary/aromatic N) is 5. The molecule has 3 N–H and O–H groups in total. The number of ether oxygens (including phenoxy) is 2. The maximum absolute atomic E-state index is 13.3. The molecule has 2 aliphatic rings. The predicted octanol–water partition coefficient (Wildman–Crippen LogP) is 0.479. The predicted molar refractivity (Wildman–Crippen MR) is 150 cm³/mol. The van der Waals surface area contributed by atoms with Crippen LogP contribution in [0, 0.1) is 5.41 Å². The van der Waals surface area contributed by atoms with Crippen LogP contribution in [0.4, 0.5) is 5.13 Å². The molecule has 4 heterocycles. The van der Waals surface area contributed by atoms with Crippen LogP contribution in [0.3, 0.4) is 0 Å². The fourth-order valence-electron chi connectivity index (χ4n) is 3.66. The van der Waals surface area contributed by atoms with E-state index in [4.69, 9.17) is 20.0 Å². The molecule has 2 aliphatic heterocycles. The van der Waals surface area contributed by atoms with Gasteiger partial charge in [0, 0.05) is 16.7 Å². The highest BCUT2D eigenvalue weighted by molar-refractivity contribution is 8.01. The van der Waals surface area contributed by atoms with Gasteiger partial charge in [-0.25, -0.2) is 9.78 Å². The maximum atomic E-state index is 13.3. The summed E-state index contributed by atoms with van der Waals surface area (Å²) >= 11 is 1.81. The molecule has 19 heteroatoms. The lowest BCUT2D eigenvalue weighted by Gasteiger charge is -2.49. The van der Waals surface area contributed by atoms with E-state index in [0.717, 1.165) is 32.0 Å². The minimum Gasteiger partial charge on any atom is -0.614 e. The van der Waals surface area contributed by atoms with Crippen LogP contribution in [0.15, 0.2) is 32.2 Å². The second kappa shape index (κ2) is 12.7. The average Bonchev–Trinajstić information content (AvgIpc) is 3.59. The number of amides is 2. The highest BCUT2D eigenvalue weighted by atomic mass is 32.2. The second-order valence-electron chi connectivity index (χ2n) is 9.48. The van der Waals surface area contributed by atoms with E-state index in [1.54, 1.807) is 20.8 Å². The summed E-state index contributed by atoms with van der Waals surface area (Å²) < 4.78 is 28.1. The molecule has 2 aromatic heterocycles. The number of aromatic nitrogens is 3. The molecular formula is C22H25N7O8S4. The molecule has 0 spiro atoms. The molecule has 1 unspecified atom stereocenters. The average molecular weight is 644 g/mol. The Morgan fingerprint density at radius 3 is 2.71 bits per heavy atom. The minimum absolute atomic E-state index is 0.0755. The molecule has 4 rings (SSSR count). The van der Waals surface area contributed by atoms with E-state index < -0.39 is 58.6 Å². The van der Waals surface area contributed by atoms with E-state index in [9.17, 15) is 23.7 Å². The SMILES string of the molecule is CO/N=C(\C(=O)N[C@@H]1C(=O)N2C(C(=O)OCOC(=O)C(C)(C)C)=C(CSc3cnns3)C[S+]([O-])[C@@H]12)c1csc(N)n1. The van der Waals surface area contributed by atoms with Crippen LogP contribution in [0.5, 0.6) is 0 Å². The number of nitrogen functional groups attached to an aromatic ring is 1. The third-order valence-electron chi connectivity index (χ3n) is 5.57. The van der Waals surface area contributed by atoms with Crippen molar-refractivity contribution in [2.24, 2.45) is 10.6 Å². The Morgan fingerprint density at radius 2 is 2.10 bits per heavy atom. The minimum atomic E-state index is -1.70. The summed E-state index contributed by atoms with van der Waals surface area (Å²) in [4.78, 5) is 61.5. The number of carbonyl (C=O) groups excluding carboxylic acids is 4. The number of oxime groups is 1. The number of hydrogen-bond donors (Lipinski definition) is 2. The van der Waals surface area contributed by atoms with Gasteiger partial charge in [-0.05, 0) is 43.5 Å². The van der Waals surface area contributed by atoms with Gasteiger partial charge in [-0.2, -0.15) is 0 Å². The van der Waals surface area contributed by atoms with Gasteiger partial charge in [-0.15, -0.1) is 28.2 Å². The number of rotatable bonds is 10. The van der Waals surface area contributed by atoms with Crippen LogP contribution >= 0.6 is 34.6 Å². The number of hydrogen-bond acceptors (Lipinski definition) is 16. The fraction of sp³-hybridized carbons (Fsp3) is 0.455. The molecule has 0 bridgehead atoms. The zero-order valence-corrected chi connectivity index (χ0v) is 25.4. The summed E-state index contributed by atoms with van der Waals surface area (Å²) in [7, 11) is 1.23. The van der Waals surface area contributed by atoms with Crippen molar-refractivity contribution >= 4 is 80.4 Å². The second-order valence-corrected chi connectivity index (χ2v) is 14.0. The summed E-state index contributed by atoms with van der Waals surface area (Å²) in [5.74, 6) is -2.92. The van der Waals surface area contributed by atoms with Gasteiger partial charge in [0.05, 0.1) is 11.6 Å². The molecule has 2 amide bonds. The molecule has 220 valence electrons. The standard InChI is InChI=1S/C22H25N7O8S4/c1-22(2,3)20(33)37-9-36-19(32)15-10(6-38-12-5-24-28-40-12)8-41(34)18-14(17(31)29(15)18)26-16(30)13(27-35-4)11-7-39-21(23)25-11/h5,7,14,18H,6,8-9H2,1-4H3,(H2,23,25)(H,26,30)/b27-13-/t14-,18+,41?/m1/s1. The third-order valence-corrected chi connectivity index (χ3v) is 9.82. The first kappa shape index (κ1) is 30.7. The molecule has 2 aromatic rings. The largest absolute Gasteiger partial charge is 0.614 e. The van der Waals surface area contributed by atoms with Crippen LogP contribution < -0.4 is 11.1 Å². The Bertz CT molecular complexity index is 1390. The summed E-state index contributed by atoms with van der Waals surface area (Å²) in [6, 6.07) is -1.23. The first-order valence-electron chi connectivity index (χ1n) is 11.7. The number of fused-ring (bicyclic) bond motifs is 1. The number of esters is 2. The van der Waals surface area contributed by atoms with Crippen molar-refractivity contribution in [2.45, 2.75) is 36.4 Å². The monoisotopic (exact) mass is 643 g/mol. The lowest BCUT2D eigenvalue weighted by Crippen LogP contribution is -2.75. The number of nitrogens with one attached hydrogen (secondary N) is 1. The molecule has 15 nitrogen and oxygen atoms in total. The van der Waals surface area contributed by atoms with Gasteiger partial charge in [0.15, 0.2) is 16.9 Å². The molecule has 0 radical (unpaired) electrons. The summed E-state index contributed by atoms with van der Waals surface area (Å²) in [6.07, 6.45) is 1.54. The normalized spacial score (nSPS) is 20.7. The van der Waals surface area contributed by atoms with Crippen LogP contribution in [0.1, 0.15) is 26.5 Å². The zero-order valence-electron chi connectivity index (χ0n) is 22.1. The van der Waals surface area contributed by atoms with Crippen molar-refractivity contribution in [1.82, 2.24) is 24.8 Å². The van der Waals surface area contributed by atoms with Gasteiger partial charge in [-0.1, -0.05) is 9.64 Å². The van der Waals surface area contributed by atoms with Crippen LogP contribution in [0.2, 0.25) is 0 Å². The molecule has 1 fully saturated rings. The van der Waals surface area contributed by atoms with Gasteiger partial charge >= 0.3 is 11.9 Å². The van der Waals surface area contributed by atoms with Crippen molar-refractivity contribution in [3.05, 3.63) is 28.5 Å². The number of anilines is 1. The Labute approximate surface area is 249 Å². The Kier molecular flexibility index (Phi) is 9.52. The smallest absolute Gasteiger partial charge is 0.358 e. The van der Waals surface area contributed by atoms with Crippen LogP contribution in [-0.2, 0) is 44.7 Å². The Balaban J connectivity index is 1.55. The van der Waals surface area contributed by atoms with Gasteiger partial charge in [-0.3, -0.25) is 19.3 Å². The molecule has 1 saturated heterocycles. The van der Waals surface area contributed by atoms with Crippen LogP contribution in [-0.4, -0.2) is 90.3 Å². The molecule has 41 heavy (non-hydrogen) atoms. The van der Waals surface area contributed by atoms with Gasteiger partial charge < -0.3 is 29.9 Å². The lowest BCUT2D eigenvalue weighted by atomic mass is 9.98. The van der Waals surface area contributed by atoms with Gasteiger partial charge in [0.2, 0.25) is 12.2 Å². The van der Waals surface area contributed by atoms with Crippen molar-refractivity contribution in [1.29, 1.82) is 0 Å². The Hall–Kier alpha value is -3.26. The molecule has 0 aliphatic carbocycles. The summed E-state index contributed by atoms with van der Waals surface area (Å²) in [5.41, 5.74) is 4.98. The van der Waals surface area contributed by atoms with Crippen molar-refractivity contribution < 1.29 is 38.0 Å². The van der Waals surface area contributed by atoms with Crippen molar-refractivity contribution in [3.63, 3.8) is 0 Å². The molecular weight excluding hydrogens is 619 g/mol. The lowest BCUT2D eigenvalue weighted by molar-refractivity contribution is -0.173. The third kappa shape index (κ3) is 6.80. The summed E-state index contributed by atoms with van der Waals surface area (Å²) in [6.45, 7) is 4.25.